The highest BCUT2D eigenvalue weighted by Gasteiger charge is 2.10. The maximum Gasteiger partial charge on any atom is 0.238 e. The Morgan fingerprint density at radius 1 is 1.50 bits per heavy atom. The van der Waals surface area contributed by atoms with E-state index >= 15 is 0 Å². The molecule has 6 heteroatoms. The number of benzene rings is 1. The van der Waals surface area contributed by atoms with E-state index in [9.17, 15) is 8.42 Å². The van der Waals surface area contributed by atoms with Crippen LogP contribution in [0.25, 0.3) is 0 Å². The van der Waals surface area contributed by atoms with Crippen molar-refractivity contribution in [3.05, 3.63) is 22.7 Å². The van der Waals surface area contributed by atoms with Gasteiger partial charge in [-0.2, -0.15) is 0 Å². The van der Waals surface area contributed by atoms with Gasteiger partial charge in [0.15, 0.2) is 0 Å². The van der Waals surface area contributed by atoms with E-state index in [1.54, 1.807) is 6.07 Å². The molecule has 0 unspecified atom stereocenters. The van der Waals surface area contributed by atoms with E-state index in [0.717, 1.165) is 0 Å². The van der Waals surface area contributed by atoms with Crippen molar-refractivity contribution >= 4 is 26.0 Å². The maximum atomic E-state index is 11.0. The molecule has 1 aromatic rings. The molecule has 0 fully saturated rings. The molecule has 2 N–H and O–H groups in total. The van der Waals surface area contributed by atoms with E-state index < -0.39 is 10.0 Å². The van der Waals surface area contributed by atoms with Gasteiger partial charge < -0.3 is 4.74 Å². The van der Waals surface area contributed by atoms with Gasteiger partial charge in [-0.25, -0.2) is 13.6 Å². The molecule has 0 aliphatic heterocycles. The lowest BCUT2D eigenvalue weighted by molar-refractivity contribution is 0.337. The number of nitrogens with two attached hydrogens (primary N) is 1. The van der Waals surface area contributed by atoms with Crippen LogP contribution in [0.2, 0.25) is 0 Å². The molecule has 0 saturated heterocycles. The minimum atomic E-state index is -3.66. The minimum Gasteiger partial charge on any atom is -0.493 e. The Kier molecular flexibility index (Phi) is 3.52. The monoisotopic (exact) mass is 279 g/mol. The lowest BCUT2D eigenvalue weighted by Crippen LogP contribution is -2.12. The number of ether oxygens (including phenoxy) is 1. The average Bonchev–Trinajstić information content (AvgIpc) is 2.07. The summed E-state index contributed by atoms with van der Waals surface area (Å²) in [7, 11) is -3.66. The Morgan fingerprint density at radius 3 is 2.64 bits per heavy atom. The Morgan fingerprint density at radius 2 is 2.14 bits per heavy atom. The summed E-state index contributed by atoms with van der Waals surface area (Å²) in [5, 5.41) is 4.97. The molecular formula is C8H10BrNO3S. The van der Waals surface area contributed by atoms with Crippen molar-refractivity contribution in [2.45, 2.75) is 11.8 Å². The molecule has 0 spiro atoms. The second kappa shape index (κ2) is 4.29. The fourth-order valence-electron chi connectivity index (χ4n) is 0.927. The second-order valence-corrected chi connectivity index (χ2v) is 4.99. The third kappa shape index (κ3) is 2.70. The van der Waals surface area contributed by atoms with E-state index in [2.05, 4.69) is 15.9 Å². The van der Waals surface area contributed by atoms with Gasteiger partial charge in [-0.05, 0) is 35.0 Å². The van der Waals surface area contributed by atoms with Crippen molar-refractivity contribution in [1.29, 1.82) is 0 Å². The highest BCUT2D eigenvalue weighted by atomic mass is 79.9. The van der Waals surface area contributed by atoms with Crippen LogP contribution in [-0.4, -0.2) is 15.0 Å². The maximum absolute atomic E-state index is 11.0. The Bertz CT molecular complexity index is 430. The molecule has 0 atom stereocenters. The Balaban J connectivity index is 3.20. The fourth-order valence-corrected chi connectivity index (χ4v) is 1.82. The smallest absolute Gasteiger partial charge is 0.238 e. The van der Waals surface area contributed by atoms with Crippen molar-refractivity contribution in [1.82, 2.24) is 0 Å². The van der Waals surface area contributed by atoms with Gasteiger partial charge in [0.05, 0.1) is 16.0 Å². The normalized spacial score (nSPS) is 11.4. The molecule has 78 valence electrons. The van der Waals surface area contributed by atoms with Crippen molar-refractivity contribution < 1.29 is 13.2 Å². The SMILES string of the molecule is CCOc1cc(S(N)(=O)=O)ccc1Br. The first kappa shape index (κ1) is 11.5. The van der Waals surface area contributed by atoms with Crippen molar-refractivity contribution in [3.63, 3.8) is 0 Å². The van der Waals surface area contributed by atoms with E-state index in [1.165, 1.54) is 12.1 Å². The highest BCUT2D eigenvalue weighted by Crippen LogP contribution is 2.27. The van der Waals surface area contributed by atoms with Gasteiger partial charge in [0, 0.05) is 6.07 Å². The molecule has 0 aromatic heterocycles. The van der Waals surface area contributed by atoms with E-state index in [4.69, 9.17) is 9.88 Å². The van der Waals surface area contributed by atoms with Crippen LogP contribution in [0.15, 0.2) is 27.6 Å². The van der Waals surface area contributed by atoms with Crippen molar-refractivity contribution in [3.8, 4) is 5.75 Å². The van der Waals surface area contributed by atoms with Crippen LogP contribution >= 0.6 is 15.9 Å². The topological polar surface area (TPSA) is 69.4 Å². The van der Waals surface area contributed by atoms with Gasteiger partial charge in [0.2, 0.25) is 10.0 Å². The first-order valence-electron chi connectivity index (χ1n) is 3.90. The molecule has 1 aromatic carbocycles. The summed E-state index contributed by atoms with van der Waals surface area (Å²) in [6.45, 7) is 2.28. The van der Waals surface area contributed by atoms with Crippen LogP contribution in [0.3, 0.4) is 0 Å². The minimum absolute atomic E-state index is 0.0455. The van der Waals surface area contributed by atoms with Crippen molar-refractivity contribution in [2.24, 2.45) is 5.14 Å². The van der Waals surface area contributed by atoms with Crippen LogP contribution in [0.5, 0.6) is 5.75 Å². The molecule has 0 aliphatic carbocycles. The van der Waals surface area contributed by atoms with Gasteiger partial charge in [-0.15, -0.1) is 0 Å². The lowest BCUT2D eigenvalue weighted by atomic mass is 10.3. The zero-order valence-electron chi connectivity index (χ0n) is 7.53. The van der Waals surface area contributed by atoms with Gasteiger partial charge in [0.1, 0.15) is 5.75 Å². The zero-order chi connectivity index (χ0) is 10.8. The molecular weight excluding hydrogens is 270 g/mol. The summed E-state index contributed by atoms with van der Waals surface area (Å²) in [4.78, 5) is 0.0455. The summed E-state index contributed by atoms with van der Waals surface area (Å²) >= 11 is 3.24. The van der Waals surface area contributed by atoms with Crippen LogP contribution in [0.4, 0.5) is 0 Å². The van der Waals surface area contributed by atoms with E-state index in [0.29, 0.717) is 16.8 Å². The van der Waals surface area contributed by atoms with Crippen LogP contribution < -0.4 is 9.88 Å². The fraction of sp³-hybridized carbons (Fsp3) is 0.250. The van der Waals surface area contributed by atoms with Gasteiger partial charge >= 0.3 is 0 Å². The van der Waals surface area contributed by atoms with Crippen molar-refractivity contribution in [2.75, 3.05) is 6.61 Å². The molecule has 0 bridgehead atoms. The predicted molar refractivity (Wildman–Crippen MR) is 56.7 cm³/mol. The quantitative estimate of drug-likeness (QED) is 0.912. The molecule has 14 heavy (non-hydrogen) atoms. The third-order valence-electron chi connectivity index (χ3n) is 1.53. The first-order valence-corrected chi connectivity index (χ1v) is 6.24. The van der Waals surface area contributed by atoms with Gasteiger partial charge in [-0.1, -0.05) is 0 Å². The molecule has 4 nitrogen and oxygen atoms in total. The number of sulfonamides is 1. The molecule has 0 radical (unpaired) electrons. The summed E-state index contributed by atoms with van der Waals surface area (Å²) in [5.74, 6) is 0.471. The summed E-state index contributed by atoms with van der Waals surface area (Å²) in [6, 6.07) is 4.40. The summed E-state index contributed by atoms with van der Waals surface area (Å²) in [6.07, 6.45) is 0. The van der Waals surface area contributed by atoms with Crippen LogP contribution in [0, 0.1) is 0 Å². The summed E-state index contributed by atoms with van der Waals surface area (Å²) in [5.41, 5.74) is 0. The average molecular weight is 280 g/mol. The van der Waals surface area contributed by atoms with E-state index in [-0.39, 0.29) is 4.90 Å². The highest BCUT2D eigenvalue weighted by molar-refractivity contribution is 9.10. The standard InChI is InChI=1S/C8H10BrNO3S/c1-2-13-8-5-6(14(10,11)12)3-4-7(8)9/h3-5H,2H2,1H3,(H2,10,11,12). The molecule has 0 saturated carbocycles. The molecule has 0 aliphatic rings. The Hall–Kier alpha value is -0.590. The second-order valence-electron chi connectivity index (χ2n) is 2.57. The molecule has 0 heterocycles. The number of rotatable bonds is 3. The van der Waals surface area contributed by atoms with Gasteiger partial charge in [-0.3, -0.25) is 0 Å². The molecule has 1 rings (SSSR count). The molecule has 0 amide bonds. The van der Waals surface area contributed by atoms with Gasteiger partial charge in [0.25, 0.3) is 0 Å². The Labute approximate surface area is 91.2 Å². The zero-order valence-corrected chi connectivity index (χ0v) is 9.93. The number of halogens is 1. The largest absolute Gasteiger partial charge is 0.493 e. The van der Waals surface area contributed by atoms with Crippen LogP contribution in [0.1, 0.15) is 6.92 Å². The number of hydrogen-bond acceptors (Lipinski definition) is 3. The summed E-state index contributed by atoms with van der Waals surface area (Å²) < 4.78 is 27.9. The number of hydrogen-bond donors (Lipinski definition) is 1. The lowest BCUT2D eigenvalue weighted by Gasteiger charge is -2.06. The predicted octanol–water partition coefficient (Wildman–Crippen LogP) is 1.50. The van der Waals surface area contributed by atoms with E-state index in [1.807, 2.05) is 6.92 Å². The number of primary sulfonamides is 1. The van der Waals surface area contributed by atoms with Crippen LogP contribution in [-0.2, 0) is 10.0 Å². The third-order valence-corrected chi connectivity index (χ3v) is 3.10. The first-order chi connectivity index (χ1) is 6.45.